The number of fused-ring (bicyclic) bond motifs is 1. The molecule has 5 atom stereocenters. The first kappa shape index (κ1) is 24.8. The van der Waals surface area contributed by atoms with Gasteiger partial charge in [0.05, 0.1) is 43.3 Å². The maximum atomic E-state index is 10.3. The average Bonchev–Trinajstić information content (AvgIpc) is 3.34. The molecule has 34 heavy (non-hydrogen) atoms. The van der Waals surface area contributed by atoms with E-state index < -0.39 is 5.60 Å². The van der Waals surface area contributed by atoms with Gasteiger partial charge in [0.15, 0.2) is 0 Å². The van der Waals surface area contributed by atoms with Gasteiger partial charge in [-0.1, -0.05) is 29.2 Å². The summed E-state index contributed by atoms with van der Waals surface area (Å²) in [5.74, 6) is 6.06. The molecule has 0 bridgehead atoms. The molecule has 2 aliphatic rings. The van der Waals surface area contributed by atoms with Crippen molar-refractivity contribution in [3.05, 3.63) is 47.3 Å². The molecular formula is C26H35N3O5. The Kier molecular flexibility index (Phi) is 8.02. The summed E-state index contributed by atoms with van der Waals surface area (Å²) in [5, 5.41) is 28.4. The van der Waals surface area contributed by atoms with Crippen LogP contribution >= 0.6 is 0 Å². The van der Waals surface area contributed by atoms with Crippen LogP contribution in [0.2, 0.25) is 0 Å². The van der Waals surface area contributed by atoms with Crippen molar-refractivity contribution in [2.75, 3.05) is 20.3 Å². The number of rotatable bonds is 7. The second kappa shape index (κ2) is 11.0. The van der Waals surface area contributed by atoms with E-state index in [0.717, 1.165) is 37.7 Å². The SMILES string of the molecule is COCC#Cc1ccc(CC[C@H]2O[C@H]3CC[C@H](CO)O[C@H]3C[C@H]2n2cc(C(C)(C)O)nn2)cc1. The zero-order valence-corrected chi connectivity index (χ0v) is 20.2. The van der Waals surface area contributed by atoms with Crippen molar-refractivity contribution >= 4 is 0 Å². The van der Waals surface area contributed by atoms with E-state index in [4.69, 9.17) is 14.2 Å². The van der Waals surface area contributed by atoms with Crippen molar-refractivity contribution in [3.63, 3.8) is 0 Å². The van der Waals surface area contributed by atoms with E-state index in [-0.39, 0.29) is 37.1 Å². The van der Waals surface area contributed by atoms with Crippen molar-refractivity contribution in [2.45, 2.75) is 82.0 Å². The van der Waals surface area contributed by atoms with Crippen LogP contribution in [0.4, 0.5) is 0 Å². The summed E-state index contributed by atoms with van der Waals surface area (Å²) in [5.41, 5.74) is 1.65. The van der Waals surface area contributed by atoms with Crippen LogP contribution in [0.3, 0.4) is 0 Å². The first-order valence-electron chi connectivity index (χ1n) is 12.0. The van der Waals surface area contributed by atoms with Crippen molar-refractivity contribution in [3.8, 4) is 11.8 Å². The highest BCUT2D eigenvalue weighted by atomic mass is 16.6. The third-order valence-electron chi connectivity index (χ3n) is 6.61. The van der Waals surface area contributed by atoms with Gasteiger partial charge in [-0.15, -0.1) is 5.10 Å². The number of aromatic nitrogens is 3. The van der Waals surface area contributed by atoms with Crippen LogP contribution in [0.5, 0.6) is 0 Å². The molecule has 0 amide bonds. The molecule has 8 nitrogen and oxygen atoms in total. The number of aliphatic hydroxyl groups excluding tert-OH is 1. The molecule has 3 heterocycles. The number of benzene rings is 1. The molecule has 1 aromatic carbocycles. The lowest BCUT2D eigenvalue weighted by Gasteiger charge is -2.45. The fourth-order valence-corrected chi connectivity index (χ4v) is 4.67. The van der Waals surface area contributed by atoms with Gasteiger partial charge in [0.1, 0.15) is 17.9 Å². The largest absolute Gasteiger partial charge is 0.394 e. The molecule has 2 aliphatic heterocycles. The molecule has 2 aromatic rings. The van der Waals surface area contributed by atoms with Crippen LogP contribution in [0.15, 0.2) is 30.5 Å². The lowest BCUT2D eigenvalue weighted by Crippen LogP contribution is -2.51. The van der Waals surface area contributed by atoms with E-state index >= 15 is 0 Å². The van der Waals surface area contributed by atoms with Crippen molar-refractivity contribution in [1.29, 1.82) is 0 Å². The summed E-state index contributed by atoms with van der Waals surface area (Å²) in [6.45, 7) is 3.84. The number of aliphatic hydroxyl groups is 2. The zero-order chi connectivity index (χ0) is 24.1. The monoisotopic (exact) mass is 469 g/mol. The first-order chi connectivity index (χ1) is 16.4. The van der Waals surface area contributed by atoms with Gasteiger partial charge >= 0.3 is 0 Å². The van der Waals surface area contributed by atoms with Crippen LogP contribution in [0, 0.1) is 11.8 Å². The molecule has 0 aliphatic carbocycles. The van der Waals surface area contributed by atoms with Gasteiger partial charge in [0.25, 0.3) is 0 Å². The zero-order valence-electron chi connectivity index (χ0n) is 20.2. The van der Waals surface area contributed by atoms with Crippen molar-refractivity contribution in [1.82, 2.24) is 15.0 Å². The molecule has 2 saturated heterocycles. The second-order valence-electron chi connectivity index (χ2n) is 9.69. The summed E-state index contributed by atoms with van der Waals surface area (Å²) in [4.78, 5) is 0. The minimum atomic E-state index is -1.07. The Bertz CT molecular complexity index is 988. The third kappa shape index (κ3) is 6.04. The normalized spacial score (nSPS) is 27.0. The number of ether oxygens (including phenoxy) is 3. The van der Waals surface area contributed by atoms with E-state index in [1.165, 1.54) is 5.56 Å². The lowest BCUT2D eigenvalue weighted by atomic mass is 9.88. The second-order valence-corrected chi connectivity index (χ2v) is 9.69. The van der Waals surface area contributed by atoms with Crippen LogP contribution in [-0.2, 0) is 26.2 Å². The Labute approximate surface area is 201 Å². The number of hydrogen-bond donors (Lipinski definition) is 2. The highest BCUT2D eigenvalue weighted by molar-refractivity contribution is 5.36. The Morgan fingerprint density at radius 3 is 2.65 bits per heavy atom. The smallest absolute Gasteiger partial charge is 0.114 e. The maximum Gasteiger partial charge on any atom is 0.114 e. The molecule has 0 saturated carbocycles. The fraction of sp³-hybridized carbons (Fsp3) is 0.615. The standard InChI is InChI=1S/C26H35N3O5/c1-26(2,31)25-16-29(28-27-25)21-15-24-23(13-11-20(17-30)33-24)34-22(21)12-10-19-8-6-18(7-9-19)5-4-14-32-3/h6-9,16,20-24,30-31H,10-15,17H2,1-3H3/t20-,21-,22-,23+,24+/m1/s1. The molecule has 184 valence electrons. The van der Waals surface area contributed by atoms with E-state index in [1.54, 1.807) is 27.2 Å². The predicted octanol–water partition coefficient (Wildman–Crippen LogP) is 2.37. The third-order valence-corrected chi connectivity index (χ3v) is 6.61. The molecule has 4 rings (SSSR count). The fourth-order valence-electron chi connectivity index (χ4n) is 4.67. The van der Waals surface area contributed by atoms with E-state index in [9.17, 15) is 10.2 Å². The molecule has 0 radical (unpaired) electrons. The average molecular weight is 470 g/mol. The number of methoxy groups -OCH3 is 1. The number of hydrogen-bond acceptors (Lipinski definition) is 7. The number of nitrogens with zero attached hydrogens (tertiary/aromatic N) is 3. The van der Waals surface area contributed by atoms with Crippen LogP contribution in [0.25, 0.3) is 0 Å². The summed E-state index contributed by atoms with van der Waals surface area (Å²) >= 11 is 0. The summed E-state index contributed by atoms with van der Waals surface area (Å²) < 4.78 is 19.5. The predicted molar refractivity (Wildman–Crippen MR) is 126 cm³/mol. The molecule has 0 unspecified atom stereocenters. The van der Waals surface area contributed by atoms with Crippen LogP contribution in [0.1, 0.15) is 62.4 Å². The van der Waals surface area contributed by atoms with Gasteiger partial charge in [0, 0.05) is 19.1 Å². The Balaban J connectivity index is 1.48. The van der Waals surface area contributed by atoms with Crippen LogP contribution in [-0.4, -0.2) is 69.9 Å². The highest BCUT2D eigenvalue weighted by Crippen LogP contribution is 2.38. The topological polar surface area (TPSA) is 98.9 Å². The summed E-state index contributed by atoms with van der Waals surface area (Å²) in [6.07, 6.45) is 5.61. The molecule has 1 aromatic heterocycles. The van der Waals surface area contributed by atoms with Crippen molar-refractivity contribution in [2.24, 2.45) is 0 Å². The Hall–Kier alpha value is -2.28. The minimum absolute atomic E-state index is 0.0137. The minimum Gasteiger partial charge on any atom is -0.394 e. The summed E-state index contributed by atoms with van der Waals surface area (Å²) in [6, 6.07) is 8.21. The Morgan fingerprint density at radius 2 is 1.97 bits per heavy atom. The van der Waals surface area contributed by atoms with Gasteiger partial charge in [-0.3, -0.25) is 0 Å². The van der Waals surface area contributed by atoms with Gasteiger partial charge in [-0.2, -0.15) is 0 Å². The molecule has 8 heteroatoms. The van der Waals surface area contributed by atoms with Gasteiger partial charge in [0.2, 0.25) is 0 Å². The van der Waals surface area contributed by atoms with Gasteiger partial charge in [-0.25, -0.2) is 4.68 Å². The van der Waals surface area contributed by atoms with Gasteiger partial charge in [-0.05, 0) is 57.2 Å². The van der Waals surface area contributed by atoms with E-state index in [2.05, 4.69) is 34.3 Å². The Morgan fingerprint density at radius 1 is 1.18 bits per heavy atom. The molecule has 2 fully saturated rings. The van der Waals surface area contributed by atoms with E-state index in [1.807, 2.05) is 16.8 Å². The van der Waals surface area contributed by atoms with Crippen LogP contribution < -0.4 is 0 Å². The molecule has 2 N–H and O–H groups in total. The van der Waals surface area contributed by atoms with Crippen molar-refractivity contribution < 1.29 is 24.4 Å². The first-order valence-corrected chi connectivity index (χ1v) is 12.0. The molecular weight excluding hydrogens is 434 g/mol. The lowest BCUT2D eigenvalue weighted by molar-refractivity contribution is -0.209. The maximum absolute atomic E-state index is 10.3. The van der Waals surface area contributed by atoms with Gasteiger partial charge < -0.3 is 24.4 Å². The number of aryl methyl sites for hydroxylation is 1. The summed E-state index contributed by atoms with van der Waals surface area (Å²) in [7, 11) is 1.63. The highest BCUT2D eigenvalue weighted by Gasteiger charge is 2.43. The molecule has 0 spiro atoms. The van der Waals surface area contributed by atoms with E-state index in [0.29, 0.717) is 12.3 Å². The quantitative estimate of drug-likeness (QED) is 0.601.